The van der Waals surface area contributed by atoms with Crippen molar-refractivity contribution in [2.24, 2.45) is 0 Å². The second-order valence-electron chi connectivity index (χ2n) is 11.8. The van der Waals surface area contributed by atoms with Crippen molar-refractivity contribution in [3.63, 3.8) is 0 Å². The summed E-state index contributed by atoms with van der Waals surface area (Å²) >= 11 is 0. The molecule has 8 aromatic rings. The number of hydrogen-bond donors (Lipinski definition) is 1. The molecular formula is C42H30N2. The third-order valence-corrected chi connectivity index (χ3v) is 9.30. The standard InChI is InChI=1S/C42H30N2/c1-2-14-35(15-3-1)44-41(43-42(44)34-23-18-28-10-4-5-12-32(28)26-34)31-21-19-30(20-22-31)40-37-17-9-7-13-33(37)27-39-36-16-8-6-11-29(36)24-25-38(39)40/h1-27,41-43H. The number of fused-ring (bicyclic) bond motifs is 5. The minimum atomic E-state index is 0.0797. The van der Waals surface area contributed by atoms with E-state index in [1.54, 1.807) is 0 Å². The van der Waals surface area contributed by atoms with Gasteiger partial charge >= 0.3 is 0 Å². The fourth-order valence-corrected chi connectivity index (χ4v) is 7.13. The second kappa shape index (κ2) is 10.1. The van der Waals surface area contributed by atoms with Crippen molar-refractivity contribution in [1.82, 2.24) is 5.32 Å². The van der Waals surface area contributed by atoms with Gasteiger partial charge < -0.3 is 4.90 Å². The van der Waals surface area contributed by atoms with Gasteiger partial charge in [0.2, 0.25) is 0 Å². The van der Waals surface area contributed by atoms with Crippen LogP contribution in [0, 0.1) is 0 Å². The Morgan fingerprint density at radius 2 is 1.00 bits per heavy atom. The first-order valence-corrected chi connectivity index (χ1v) is 15.3. The lowest BCUT2D eigenvalue weighted by molar-refractivity contribution is 0.276. The monoisotopic (exact) mass is 562 g/mol. The summed E-state index contributed by atoms with van der Waals surface area (Å²) in [5.74, 6) is 0. The first kappa shape index (κ1) is 25.1. The van der Waals surface area contributed by atoms with Gasteiger partial charge in [0.1, 0.15) is 12.3 Å². The van der Waals surface area contributed by atoms with Crippen LogP contribution in [-0.4, -0.2) is 0 Å². The van der Waals surface area contributed by atoms with Crippen molar-refractivity contribution in [3.05, 3.63) is 175 Å². The third kappa shape index (κ3) is 4.00. The average Bonchev–Trinajstić information content (AvgIpc) is 3.07. The predicted molar refractivity (Wildman–Crippen MR) is 186 cm³/mol. The molecule has 0 amide bonds. The highest BCUT2D eigenvalue weighted by atomic mass is 15.5. The summed E-state index contributed by atoms with van der Waals surface area (Å²) in [4.78, 5) is 2.50. The van der Waals surface area contributed by atoms with Crippen molar-refractivity contribution in [3.8, 4) is 11.1 Å². The summed E-state index contributed by atoms with van der Waals surface area (Å²) in [5.41, 5.74) is 6.28. The molecule has 208 valence electrons. The second-order valence-corrected chi connectivity index (χ2v) is 11.8. The number of nitrogens with one attached hydrogen (secondary N) is 1. The largest absolute Gasteiger partial charge is 0.332 e. The number of nitrogens with zero attached hydrogens (tertiary/aromatic N) is 1. The van der Waals surface area contributed by atoms with Crippen LogP contribution in [0.3, 0.4) is 0 Å². The van der Waals surface area contributed by atoms with Gasteiger partial charge in [0.25, 0.3) is 0 Å². The molecule has 0 aliphatic carbocycles. The summed E-state index contributed by atoms with van der Waals surface area (Å²) in [6.07, 6.45) is 0.179. The summed E-state index contributed by atoms with van der Waals surface area (Å²) < 4.78 is 0. The predicted octanol–water partition coefficient (Wildman–Crippen LogP) is 10.8. The average molecular weight is 563 g/mol. The van der Waals surface area contributed by atoms with Crippen molar-refractivity contribution in [2.75, 3.05) is 4.90 Å². The zero-order chi connectivity index (χ0) is 29.0. The molecule has 0 radical (unpaired) electrons. The van der Waals surface area contributed by atoms with E-state index < -0.39 is 0 Å². The molecule has 2 unspecified atom stereocenters. The van der Waals surface area contributed by atoms with Crippen molar-refractivity contribution in [2.45, 2.75) is 12.3 Å². The molecule has 2 atom stereocenters. The molecule has 0 bridgehead atoms. The van der Waals surface area contributed by atoms with E-state index in [2.05, 4.69) is 174 Å². The van der Waals surface area contributed by atoms with Crippen LogP contribution in [0.4, 0.5) is 5.69 Å². The molecule has 1 aliphatic rings. The minimum absolute atomic E-state index is 0.0797. The topological polar surface area (TPSA) is 15.3 Å². The molecule has 0 aromatic heterocycles. The Bertz CT molecular complexity index is 2320. The minimum Gasteiger partial charge on any atom is -0.332 e. The summed E-state index contributed by atoms with van der Waals surface area (Å²) in [6.45, 7) is 0. The highest BCUT2D eigenvalue weighted by Gasteiger charge is 2.39. The highest BCUT2D eigenvalue weighted by Crippen LogP contribution is 2.44. The lowest BCUT2D eigenvalue weighted by Crippen LogP contribution is -2.57. The third-order valence-electron chi connectivity index (χ3n) is 9.30. The Morgan fingerprint density at radius 3 is 1.82 bits per heavy atom. The van der Waals surface area contributed by atoms with Gasteiger partial charge in [0.15, 0.2) is 0 Å². The van der Waals surface area contributed by atoms with Crippen LogP contribution in [0.5, 0.6) is 0 Å². The van der Waals surface area contributed by atoms with Gasteiger partial charge in [-0.25, -0.2) is 0 Å². The molecule has 2 heteroatoms. The normalized spacial score (nSPS) is 16.5. The molecule has 8 aromatic carbocycles. The van der Waals surface area contributed by atoms with E-state index in [4.69, 9.17) is 0 Å². The molecule has 1 aliphatic heterocycles. The molecule has 1 fully saturated rings. The van der Waals surface area contributed by atoms with Crippen molar-refractivity contribution < 1.29 is 0 Å². The lowest BCUT2D eigenvalue weighted by Gasteiger charge is -2.52. The zero-order valence-corrected chi connectivity index (χ0v) is 24.2. The number of hydrogen-bond acceptors (Lipinski definition) is 2. The fourth-order valence-electron chi connectivity index (χ4n) is 7.13. The number of anilines is 1. The Labute approximate surface area is 256 Å². The quantitative estimate of drug-likeness (QED) is 0.170. The van der Waals surface area contributed by atoms with Crippen LogP contribution < -0.4 is 10.2 Å². The van der Waals surface area contributed by atoms with E-state index >= 15 is 0 Å². The van der Waals surface area contributed by atoms with E-state index in [-0.39, 0.29) is 12.3 Å². The van der Waals surface area contributed by atoms with Crippen LogP contribution in [0.15, 0.2) is 164 Å². The Morgan fingerprint density at radius 1 is 0.386 bits per heavy atom. The van der Waals surface area contributed by atoms with Crippen LogP contribution in [0.2, 0.25) is 0 Å². The van der Waals surface area contributed by atoms with Gasteiger partial charge in [0, 0.05) is 5.69 Å². The summed E-state index contributed by atoms with van der Waals surface area (Å²) in [7, 11) is 0. The lowest BCUT2D eigenvalue weighted by atomic mass is 9.89. The zero-order valence-electron chi connectivity index (χ0n) is 24.2. The van der Waals surface area contributed by atoms with E-state index in [1.165, 1.54) is 71.0 Å². The van der Waals surface area contributed by atoms with E-state index in [0.717, 1.165) is 0 Å². The van der Waals surface area contributed by atoms with Crippen molar-refractivity contribution in [1.29, 1.82) is 0 Å². The van der Waals surface area contributed by atoms with Gasteiger partial charge in [-0.05, 0) is 89.6 Å². The molecular weight excluding hydrogens is 532 g/mol. The Kier molecular flexibility index (Phi) is 5.75. The maximum atomic E-state index is 3.89. The van der Waals surface area contributed by atoms with E-state index in [1.807, 2.05) is 0 Å². The first-order chi connectivity index (χ1) is 21.8. The number of benzene rings is 8. The van der Waals surface area contributed by atoms with Crippen molar-refractivity contribution >= 4 is 48.8 Å². The fraction of sp³-hybridized carbons (Fsp3) is 0.0476. The van der Waals surface area contributed by atoms with Gasteiger partial charge in [-0.2, -0.15) is 0 Å². The van der Waals surface area contributed by atoms with Crippen LogP contribution in [0.1, 0.15) is 23.5 Å². The summed E-state index contributed by atoms with van der Waals surface area (Å²) in [5, 5.41) is 14.1. The summed E-state index contributed by atoms with van der Waals surface area (Å²) in [6, 6.07) is 59.7. The van der Waals surface area contributed by atoms with Gasteiger partial charge in [-0.1, -0.05) is 140 Å². The molecule has 0 saturated carbocycles. The smallest absolute Gasteiger partial charge is 0.109 e. The first-order valence-electron chi connectivity index (χ1n) is 15.3. The number of rotatable bonds is 4. The Hall–Kier alpha value is -5.44. The van der Waals surface area contributed by atoms with Gasteiger partial charge in [0.05, 0.1) is 0 Å². The molecule has 1 saturated heterocycles. The van der Waals surface area contributed by atoms with Crippen LogP contribution >= 0.6 is 0 Å². The maximum absolute atomic E-state index is 3.89. The van der Waals surface area contributed by atoms with E-state index in [0.29, 0.717) is 0 Å². The molecule has 1 heterocycles. The van der Waals surface area contributed by atoms with Gasteiger partial charge in [-0.15, -0.1) is 0 Å². The SMILES string of the molecule is c1ccc(N2C(c3ccc(-c4c5ccccc5cc5c4ccc4ccccc45)cc3)NC2c2ccc3ccccc3c2)cc1. The molecule has 9 rings (SSSR count). The van der Waals surface area contributed by atoms with Crippen LogP contribution in [-0.2, 0) is 0 Å². The van der Waals surface area contributed by atoms with Crippen LogP contribution in [0.25, 0.3) is 54.2 Å². The molecule has 2 nitrogen and oxygen atoms in total. The molecule has 44 heavy (non-hydrogen) atoms. The molecule has 0 spiro atoms. The Balaban J connectivity index is 1.13. The highest BCUT2D eigenvalue weighted by molar-refractivity contribution is 6.20. The molecule has 1 N–H and O–H groups in total. The number of para-hydroxylation sites is 1. The maximum Gasteiger partial charge on any atom is 0.109 e. The van der Waals surface area contributed by atoms with E-state index in [9.17, 15) is 0 Å². The van der Waals surface area contributed by atoms with Gasteiger partial charge in [-0.3, -0.25) is 5.32 Å².